The largest absolute Gasteiger partial charge is 0.493 e. The molecule has 1 atom stereocenters. The Morgan fingerprint density at radius 3 is 2.61 bits per heavy atom. The van der Waals surface area contributed by atoms with Gasteiger partial charge in [-0.15, -0.1) is 10.2 Å². The third-order valence-electron chi connectivity index (χ3n) is 7.24. The summed E-state index contributed by atoms with van der Waals surface area (Å²) in [5, 5.41) is 25.9. The minimum absolute atomic E-state index is 0.0515. The molecule has 2 aromatic heterocycles. The van der Waals surface area contributed by atoms with Crippen LogP contribution in [-0.4, -0.2) is 54.1 Å². The van der Waals surface area contributed by atoms with E-state index in [9.17, 15) is 14.9 Å². The number of anilines is 2. The van der Waals surface area contributed by atoms with Crippen molar-refractivity contribution in [1.82, 2.24) is 15.4 Å². The minimum Gasteiger partial charge on any atom is -0.493 e. The Labute approximate surface area is 262 Å². The summed E-state index contributed by atoms with van der Waals surface area (Å²) in [6.07, 6.45) is 0.767. The predicted octanol–water partition coefficient (Wildman–Crippen LogP) is 4.53. The Bertz CT molecular complexity index is 1740. The molecule has 1 amide bonds. The molecule has 230 valence electrons. The molecule has 13 nitrogen and oxygen atoms in total. The van der Waals surface area contributed by atoms with E-state index in [2.05, 4.69) is 26.7 Å². The molecule has 1 aliphatic heterocycles. The minimum atomic E-state index is -0.810. The van der Waals surface area contributed by atoms with E-state index >= 15 is 0 Å². The fourth-order valence-corrected chi connectivity index (χ4v) is 7.15. The molecule has 1 aromatic carbocycles. The van der Waals surface area contributed by atoms with Crippen LogP contribution in [0.15, 0.2) is 49.7 Å². The smallest absolute Gasteiger partial charge is 0.236 e. The summed E-state index contributed by atoms with van der Waals surface area (Å²) >= 11 is 2.39. The predicted molar refractivity (Wildman–Crippen MR) is 164 cm³/mol. The van der Waals surface area contributed by atoms with Gasteiger partial charge in [-0.2, -0.15) is 5.26 Å². The maximum Gasteiger partial charge on any atom is 0.236 e. The van der Waals surface area contributed by atoms with Crippen molar-refractivity contribution in [3.05, 3.63) is 52.2 Å². The lowest BCUT2D eigenvalue weighted by molar-refractivity contribution is -0.118. The van der Waals surface area contributed by atoms with Crippen molar-refractivity contribution in [3.63, 3.8) is 0 Å². The molecule has 0 radical (unpaired) electrons. The van der Waals surface area contributed by atoms with Crippen molar-refractivity contribution in [2.75, 3.05) is 37.3 Å². The van der Waals surface area contributed by atoms with Crippen LogP contribution in [0.1, 0.15) is 43.9 Å². The Hall–Kier alpha value is -4.55. The van der Waals surface area contributed by atoms with Crippen LogP contribution < -0.4 is 30.2 Å². The average Bonchev–Trinajstić information content (AvgIpc) is 3.62. The average molecular weight is 638 g/mol. The number of hydrogen-bond acceptors (Lipinski definition) is 14. The van der Waals surface area contributed by atoms with Crippen molar-refractivity contribution in [2.24, 2.45) is 11.1 Å². The number of aromatic nitrogens is 3. The van der Waals surface area contributed by atoms with E-state index in [0.717, 1.165) is 0 Å². The molecule has 0 saturated carbocycles. The lowest BCUT2D eigenvalue weighted by Crippen LogP contribution is -2.42. The number of Topliss-reactive ketones (excluding diaryl/α,β-unsaturated/α-hetero) is 1. The highest BCUT2D eigenvalue weighted by atomic mass is 32.2. The lowest BCUT2D eigenvalue weighted by Gasteiger charge is -2.42. The third-order valence-corrected chi connectivity index (χ3v) is 9.28. The maximum absolute atomic E-state index is 13.9. The second-order valence-corrected chi connectivity index (χ2v) is 13.1. The fraction of sp³-hybridized carbons (Fsp3) is 0.379. The summed E-state index contributed by atoms with van der Waals surface area (Å²) in [6.45, 7) is 5.75. The summed E-state index contributed by atoms with van der Waals surface area (Å²) in [5.41, 5.74) is 8.16. The van der Waals surface area contributed by atoms with Crippen LogP contribution in [0.5, 0.6) is 17.2 Å². The Balaban J connectivity index is 1.55. The Morgan fingerprint density at radius 1 is 1.23 bits per heavy atom. The zero-order valence-electron chi connectivity index (χ0n) is 25.0. The monoisotopic (exact) mass is 637 g/mol. The number of thioether (sulfide) groups is 1. The first kappa shape index (κ1) is 30.9. The number of methoxy groups -OCH3 is 3. The van der Waals surface area contributed by atoms with E-state index in [1.54, 1.807) is 30.0 Å². The van der Waals surface area contributed by atoms with Gasteiger partial charge in [-0.3, -0.25) is 14.5 Å². The standard InChI is InChI=1S/C29H31N7O6S2/c1-14-9-20(35-42-14)32-21(38)13-43-28-34-33-27(44-28)36-17-10-29(2,3)11-18(37)23(17)22(16(12-30)26(36)31)15-7-8-19(39-4)25(41-6)24(15)40-5/h7-9,22H,10-11,13,31H2,1-6H3,(H,32,35,38). The molecule has 0 fully saturated rings. The summed E-state index contributed by atoms with van der Waals surface area (Å²) in [4.78, 5) is 28.0. The first-order valence-corrected chi connectivity index (χ1v) is 15.3. The van der Waals surface area contributed by atoms with Gasteiger partial charge in [0.25, 0.3) is 0 Å². The number of nitrogens with zero attached hydrogens (tertiary/aromatic N) is 5. The van der Waals surface area contributed by atoms with Crippen molar-refractivity contribution in [1.29, 1.82) is 5.26 Å². The molecular formula is C29H31N7O6S2. The van der Waals surface area contributed by atoms with Crippen molar-refractivity contribution < 1.29 is 28.3 Å². The topological polar surface area (TPSA) is 179 Å². The number of hydrogen-bond donors (Lipinski definition) is 2. The molecule has 44 heavy (non-hydrogen) atoms. The zero-order valence-corrected chi connectivity index (χ0v) is 26.6. The van der Waals surface area contributed by atoms with Gasteiger partial charge in [0.2, 0.25) is 16.8 Å². The van der Waals surface area contributed by atoms with Crippen LogP contribution >= 0.6 is 23.1 Å². The molecule has 1 unspecified atom stereocenters. The number of allylic oxidation sites excluding steroid dienone is 3. The number of benzene rings is 1. The van der Waals surface area contributed by atoms with Gasteiger partial charge in [-0.1, -0.05) is 48.2 Å². The normalized spacial score (nSPS) is 17.7. The molecule has 3 heterocycles. The lowest BCUT2D eigenvalue weighted by atomic mass is 9.68. The number of ether oxygens (including phenoxy) is 3. The number of amides is 1. The number of nitrogens with one attached hydrogen (secondary N) is 1. The molecule has 3 aromatic rings. The molecular weight excluding hydrogens is 606 g/mol. The highest BCUT2D eigenvalue weighted by molar-refractivity contribution is 8.01. The number of nitriles is 1. The quantitative estimate of drug-likeness (QED) is 0.313. The van der Waals surface area contributed by atoms with Crippen molar-refractivity contribution in [3.8, 4) is 23.3 Å². The van der Waals surface area contributed by atoms with Crippen LogP contribution in [-0.2, 0) is 9.59 Å². The summed E-state index contributed by atoms with van der Waals surface area (Å²) < 4.78 is 22.3. The van der Waals surface area contributed by atoms with E-state index in [4.69, 9.17) is 24.5 Å². The van der Waals surface area contributed by atoms with Gasteiger partial charge in [0.15, 0.2) is 27.4 Å². The number of rotatable bonds is 9. The second kappa shape index (κ2) is 12.2. The zero-order chi connectivity index (χ0) is 31.8. The number of carbonyl (C=O) groups is 2. The summed E-state index contributed by atoms with van der Waals surface area (Å²) in [5.74, 6) is 0.990. The molecule has 3 N–H and O–H groups in total. The molecule has 0 saturated heterocycles. The highest BCUT2D eigenvalue weighted by Crippen LogP contribution is 2.54. The first-order chi connectivity index (χ1) is 21.0. The van der Waals surface area contributed by atoms with Gasteiger partial charge >= 0.3 is 0 Å². The van der Waals surface area contributed by atoms with Gasteiger partial charge < -0.3 is 29.8 Å². The number of nitrogens with two attached hydrogens (primary N) is 1. The van der Waals surface area contributed by atoms with Crippen LogP contribution in [0, 0.1) is 23.7 Å². The molecule has 1 aliphatic carbocycles. The van der Waals surface area contributed by atoms with Crippen LogP contribution in [0.3, 0.4) is 0 Å². The number of ketones is 1. The van der Waals surface area contributed by atoms with Gasteiger partial charge in [0.1, 0.15) is 11.6 Å². The molecule has 15 heteroatoms. The molecule has 0 spiro atoms. The number of aryl methyl sites for hydroxylation is 1. The molecule has 2 aliphatic rings. The van der Waals surface area contributed by atoms with E-state index in [1.165, 1.54) is 44.4 Å². The van der Waals surface area contributed by atoms with Gasteiger partial charge in [0, 0.05) is 29.3 Å². The van der Waals surface area contributed by atoms with Crippen molar-refractivity contribution >= 4 is 45.7 Å². The van der Waals surface area contributed by atoms with E-state index in [1.807, 2.05) is 13.8 Å². The highest BCUT2D eigenvalue weighted by Gasteiger charge is 2.46. The Morgan fingerprint density at radius 2 is 1.98 bits per heavy atom. The van der Waals surface area contributed by atoms with Gasteiger partial charge in [0.05, 0.1) is 44.6 Å². The SMILES string of the molecule is COc1ccc(C2C(C#N)=C(N)N(c3nnc(SCC(=O)Nc4cc(C)on4)s3)C3=C2C(=O)CC(C)(C)C3)c(OC)c1OC. The molecule has 5 rings (SSSR count). The van der Waals surface area contributed by atoms with E-state index in [-0.39, 0.29) is 40.7 Å². The van der Waals surface area contributed by atoms with E-state index < -0.39 is 5.92 Å². The number of carbonyl (C=O) groups excluding carboxylic acids is 2. The molecule has 0 bridgehead atoms. The maximum atomic E-state index is 13.9. The fourth-order valence-electron chi connectivity index (χ4n) is 5.47. The van der Waals surface area contributed by atoms with Crippen LogP contribution in [0.25, 0.3) is 0 Å². The first-order valence-electron chi connectivity index (χ1n) is 13.5. The van der Waals surface area contributed by atoms with E-state index in [0.29, 0.717) is 61.6 Å². The van der Waals surface area contributed by atoms with Crippen LogP contribution in [0.2, 0.25) is 0 Å². The van der Waals surface area contributed by atoms with Gasteiger partial charge in [-0.05, 0) is 24.8 Å². The Kier molecular flexibility index (Phi) is 8.57. The van der Waals surface area contributed by atoms with Gasteiger partial charge in [-0.25, -0.2) is 0 Å². The second-order valence-electron chi connectivity index (χ2n) is 10.9. The van der Waals surface area contributed by atoms with Crippen LogP contribution in [0.4, 0.5) is 10.9 Å². The summed E-state index contributed by atoms with van der Waals surface area (Å²) in [6, 6.07) is 7.33. The third kappa shape index (κ3) is 5.70. The van der Waals surface area contributed by atoms with Crippen molar-refractivity contribution in [2.45, 2.75) is 43.9 Å². The summed E-state index contributed by atoms with van der Waals surface area (Å²) in [7, 11) is 4.49.